The van der Waals surface area contributed by atoms with Crippen molar-refractivity contribution < 1.29 is 4.79 Å². The number of hydrogen-bond donors (Lipinski definition) is 0. The number of pyridine rings is 1. The van der Waals surface area contributed by atoms with Gasteiger partial charge in [0.2, 0.25) is 0 Å². The Morgan fingerprint density at radius 1 is 0.950 bits per heavy atom. The second-order valence-corrected chi connectivity index (χ2v) is 4.01. The lowest BCUT2D eigenvalue weighted by Gasteiger charge is -1.98. The van der Waals surface area contributed by atoms with Crippen LogP contribution in [0.3, 0.4) is 0 Å². The van der Waals surface area contributed by atoms with Gasteiger partial charge in [-0.2, -0.15) is 5.26 Å². The SMILES string of the molecule is N#Cc1ccccn1.O=Cc1cccc2ccccc12. The van der Waals surface area contributed by atoms with Gasteiger partial charge in [-0.3, -0.25) is 4.79 Å². The molecule has 0 saturated carbocycles. The Morgan fingerprint density at radius 3 is 2.35 bits per heavy atom. The van der Waals surface area contributed by atoms with Gasteiger partial charge in [-0.25, -0.2) is 4.98 Å². The van der Waals surface area contributed by atoms with Crippen LogP contribution in [-0.4, -0.2) is 11.3 Å². The topological polar surface area (TPSA) is 53.8 Å². The number of aromatic nitrogens is 1. The number of nitrogens with zero attached hydrogens (tertiary/aromatic N) is 2. The predicted molar refractivity (Wildman–Crippen MR) is 78.3 cm³/mol. The first kappa shape index (κ1) is 13.4. The number of nitriles is 1. The van der Waals surface area contributed by atoms with Crippen LogP contribution >= 0.6 is 0 Å². The van der Waals surface area contributed by atoms with Gasteiger partial charge in [-0.05, 0) is 22.9 Å². The average Bonchev–Trinajstić information content (AvgIpc) is 2.55. The molecule has 0 amide bonds. The molecule has 1 aromatic heterocycles. The summed E-state index contributed by atoms with van der Waals surface area (Å²) in [4.78, 5) is 14.4. The van der Waals surface area contributed by atoms with Crippen molar-refractivity contribution in [3.05, 3.63) is 78.1 Å². The monoisotopic (exact) mass is 260 g/mol. The van der Waals surface area contributed by atoms with E-state index in [2.05, 4.69) is 4.98 Å². The Balaban J connectivity index is 0.000000160. The van der Waals surface area contributed by atoms with E-state index in [1.54, 1.807) is 24.4 Å². The summed E-state index contributed by atoms with van der Waals surface area (Å²) in [7, 11) is 0. The van der Waals surface area contributed by atoms with E-state index in [1.165, 1.54) is 0 Å². The molecule has 0 bridgehead atoms. The molecule has 20 heavy (non-hydrogen) atoms. The van der Waals surface area contributed by atoms with E-state index in [4.69, 9.17) is 5.26 Å². The van der Waals surface area contributed by atoms with Gasteiger partial charge in [0, 0.05) is 11.8 Å². The summed E-state index contributed by atoms with van der Waals surface area (Å²) in [6.07, 6.45) is 2.49. The molecule has 0 radical (unpaired) electrons. The summed E-state index contributed by atoms with van der Waals surface area (Å²) in [5.74, 6) is 0. The van der Waals surface area contributed by atoms with Crippen molar-refractivity contribution in [2.24, 2.45) is 0 Å². The summed E-state index contributed by atoms with van der Waals surface area (Å²) in [5, 5.41) is 10.4. The van der Waals surface area contributed by atoms with Crippen LogP contribution in [0.1, 0.15) is 16.1 Å². The van der Waals surface area contributed by atoms with E-state index >= 15 is 0 Å². The van der Waals surface area contributed by atoms with Gasteiger partial charge in [-0.15, -0.1) is 0 Å². The highest BCUT2D eigenvalue weighted by atomic mass is 16.1. The quantitative estimate of drug-likeness (QED) is 0.628. The Bertz CT molecular complexity index is 740. The summed E-state index contributed by atoms with van der Waals surface area (Å²) < 4.78 is 0. The molecular weight excluding hydrogens is 248 g/mol. The number of aldehydes is 1. The highest BCUT2D eigenvalue weighted by molar-refractivity contribution is 5.97. The first-order chi connectivity index (χ1) is 9.85. The number of rotatable bonds is 1. The lowest BCUT2D eigenvalue weighted by molar-refractivity contribution is 0.112. The molecule has 96 valence electrons. The lowest BCUT2D eigenvalue weighted by Crippen LogP contribution is -1.81. The minimum absolute atomic E-state index is 0.465. The second-order valence-electron chi connectivity index (χ2n) is 4.01. The van der Waals surface area contributed by atoms with E-state index < -0.39 is 0 Å². The maximum Gasteiger partial charge on any atom is 0.150 e. The minimum Gasteiger partial charge on any atom is -0.298 e. The normalized spacial score (nSPS) is 9.15. The van der Waals surface area contributed by atoms with Crippen molar-refractivity contribution in [1.29, 1.82) is 5.26 Å². The van der Waals surface area contributed by atoms with E-state index in [-0.39, 0.29) is 0 Å². The summed E-state index contributed by atoms with van der Waals surface area (Å²) in [6.45, 7) is 0. The standard InChI is InChI=1S/C11H8O.C6H4N2/c12-8-10-6-3-5-9-4-1-2-7-11(9)10;7-5-6-3-1-2-4-8-6/h1-8H;1-4H. The van der Waals surface area contributed by atoms with Crippen molar-refractivity contribution in [3.8, 4) is 6.07 Å². The molecule has 0 fully saturated rings. The number of carbonyl (C=O) groups excluding carboxylic acids is 1. The molecule has 2 aromatic carbocycles. The third-order valence-corrected chi connectivity index (χ3v) is 2.73. The van der Waals surface area contributed by atoms with Crippen molar-refractivity contribution in [2.75, 3.05) is 0 Å². The molecule has 3 aromatic rings. The molecule has 0 atom stereocenters. The first-order valence-electron chi connectivity index (χ1n) is 6.09. The molecule has 0 aliphatic rings. The third-order valence-electron chi connectivity index (χ3n) is 2.73. The van der Waals surface area contributed by atoms with E-state index in [1.807, 2.05) is 48.5 Å². The Kier molecular flexibility index (Phi) is 4.58. The maximum absolute atomic E-state index is 10.6. The van der Waals surface area contributed by atoms with Crippen molar-refractivity contribution in [3.63, 3.8) is 0 Å². The molecule has 0 aliphatic carbocycles. The van der Waals surface area contributed by atoms with Crippen LogP contribution in [0.2, 0.25) is 0 Å². The molecule has 0 aliphatic heterocycles. The zero-order chi connectivity index (χ0) is 14.2. The number of benzene rings is 2. The minimum atomic E-state index is 0.465. The molecule has 1 heterocycles. The lowest BCUT2D eigenvalue weighted by atomic mass is 10.1. The molecule has 3 heteroatoms. The molecule has 0 saturated heterocycles. The predicted octanol–water partition coefficient (Wildman–Crippen LogP) is 3.61. The Hall–Kier alpha value is -2.99. The zero-order valence-corrected chi connectivity index (χ0v) is 10.7. The van der Waals surface area contributed by atoms with Crippen LogP contribution in [-0.2, 0) is 0 Å². The number of carbonyl (C=O) groups is 1. The number of hydrogen-bond acceptors (Lipinski definition) is 3. The Labute approximate surface area is 117 Å². The molecular formula is C17H12N2O. The van der Waals surface area contributed by atoms with E-state index in [0.717, 1.165) is 22.6 Å². The summed E-state index contributed by atoms with van der Waals surface area (Å²) in [5.41, 5.74) is 1.22. The fraction of sp³-hybridized carbons (Fsp3) is 0. The van der Waals surface area contributed by atoms with Crippen molar-refractivity contribution >= 4 is 17.1 Å². The first-order valence-corrected chi connectivity index (χ1v) is 6.09. The van der Waals surface area contributed by atoms with Gasteiger partial charge in [0.15, 0.2) is 6.29 Å². The van der Waals surface area contributed by atoms with E-state index in [9.17, 15) is 4.79 Å². The van der Waals surface area contributed by atoms with Crippen molar-refractivity contribution in [1.82, 2.24) is 4.98 Å². The highest BCUT2D eigenvalue weighted by Gasteiger charge is 1.96. The van der Waals surface area contributed by atoms with Gasteiger partial charge >= 0.3 is 0 Å². The van der Waals surface area contributed by atoms with Gasteiger partial charge < -0.3 is 0 Å². The average molecular weight is 260 g/mol. The summed E-state index contributed by atoms with van der Waals surface area (Å²) >= 11 is 0. The van der Waals surface area contributed by atoms with E-state index in [0.29, 0.717) is 5.69 Å². The summed E-state index contributed by atoms with van der Waals surface area (Å²) in [6, 6.07) is 20.7. The fourth-order valence-corrected chi connectivity index (χ4v) is 1.78. The zero-order valence-electron chi connectivity index (χ0n) is 10.7. The molecule has 0 N–H and O–H groups in total. The molecule has 3 nitrogen and oxygen atoms in total. The molecule has 3 rings (SSSR count). The van der Waals surface area contributed by atoms with Crippen LogP contribution in [0, 0.1) is 11.3 Å². The van der Waals surface area contributed by atoms with Crippen molar-refractivity contribution in [2.45, 2.75) is 0 Å². The highest BCUT2D eigenvalue weighted by Crippen LogP contribution is 2.16. The van der Waals surface area contributed by atoms with Gasteiger partial charge in [0.25, 0.3) is 0 Å². The van der Waals surface area contributed by atoms with Gasteiger partial charge in [-0.1, -0.05) is 48.5 Å². The molecule has 0 unspecified atom stereocenters. The Morgan fingerprint density at radius 2 is 1.70 bits per heavy atom. The van der Waals surface area contributed by atoms with Crippen LogP contribution in [0.15, 0.2) is 66.9 Å². The van der Waals surface area contributed by atoms with Gasteiger partial charge in [0.1, 0.15) is 11.8 Å². The molecule has 0 spiro atoms. The fourth-order valence-electron chi connectivity index (χ4n) is 1.78. The van der Waals surface area contributed by atoms with Crippen LogP contribution in [0.4, 0.5) is 0 Å². The largest absolute Gasteiger partial charge is 0.298 e. The third kappa shape index (κ3) is 3.27. The van der Waals surface area contributed by atoms with Gasteiger partial charge in [0.05, 0.1) is 0 Å². The number of fused-ring (bicyclic) bond motifs is 1. The second kappa shape index (κ2) is 6.81. The van der Waals surface area contributed by atoms with Crippen LogP contribution < -0.4 is 0 Å². The maximum atomic E-state index is 10.6. The smallest absolute Gasteiger partial charge is 0.150 e. The van der Waals surface area contributed by atoms with Crippen LogP contribution in [0.25, 0.3) is 10.8 Å². The van der Waals surface area contributed by atoms with Crippen LogP contribution in [0.5, 0.6) is 0 Å².